The summed E-state index contributed by atoms with van der Waals surface area (Å²) in [7, 11) is 1.66. The molecule has 0 aliphatic heterocycles. The maximum Gasteiger partial charge on any atom is 0.161 e. The zero-order valence-corrected chi connectivity index (χ0v) is 16.8. The van der Waals surface area contributed by atoms with Gasteiger partial charge in [0.15, 0.2) is 11.5 Å². The molecule has 2 rings (SSSR count). The molecule has 0 radical (unpaired) electrons. The highest BCUT2D eigenvalue weighted by atomic mass is 19.1. The largest absolute Gasteiger partial charge is 0.493 e. The van der Waals surface area contributed by atoms with Gasteiger partial charge < -0.3 is 14.4 Å². The third-order valence-electron chi connectivity index (χ3n) is 4.59. The summed E-state index contributed by atoms with van der Waals surface area (Å²) in [4.78, 5) is 2.51. The number of methoxy groups -OCH3 is 1. The van der Waals surface area contributed by atoms with E-state index in [1.54, 1.807) is 19.2 Å². The molecule has 0 saturated carbocycles. The van der Waals surface area contributed by atoms with Crippen molar-refractivity contribution in [2.24, 2.45) is 0 Å². The second-order valence-electron chi connectivity index (χ2n) is 6.80. The number of ether oxygens (including phenoxy) is 2. The van der Waals surface area contributed by atoms with Crippen LogP contribution in [0.4, 0.5) is 4.39 Å². The van der Waals surface area contributed by atoms with Gasteiger partial charge in [-0.05, 0) is 67.7 Å². The zero-order valence-electron chi connectivity index (χ0n) is 16.8. The van der Waals surface area contributed by atoms with E-state index >= 15 is 0 Å². The van der Waals surface area contributed by atoms with E-state index in [0.717, 1.165) is 49.5 Å². The number of rotatable bonds is 12. The lowest BCUT2D eigenvalue weighted by molar-refractivity contribution is 0.277. The topological polar surface area (TPSA) is 21.7 Å². The van der Waals surface area contributed by atoms with Gasteiger partial charge in [-0.15, -0.1) is 0 Å². The van der Waals surface area contributed by atoms with Crippen LogP contribution in [0.1, 0.15) is 37.8 Å². The van der Waals surface area contributed by atoms with E-state index in [1.807, 2.05) is 6.07 Å². The minimum absolute atomic E-state index is 0.214. The van der Waals surface area contributed by atoms with Crippen LogP contribution >= 0.6 is 0 Å². The van der Waals surface area contributed by atoms with Gasteiger partial charge in [0.25, 0.3) is 0 Å². The van der Waals surface area contributed by atoms with Crippen molar-refractivity contribution in [1.29, 1.82) is 0 Å². The van der Waals surface area contributed by atoms with Gasteiger partial charge in [0, 0.05) is 13.0 Å². The van der Waals surface area contributed by atoms with Crippen molar-refractivity contribution in [2.75, 3.05) is 33.4 Å². The van der Waals surface area contributed by atoms with E-state index in [4.69, 9.17) is 9.47 Å². The first-order valence-corrected chi connectivity index (χ1v) is 9.92. The maximum atomic E-state index is 13.0. The van der Waals surface area contributed by atoms with Crippen molar-refractivity contribution in [3.8, 4) is 11.5 Å². The average Bonchev–Trinajstić information content (AvgIpc) is 2.68. The molecular weight excluding hydrogens is 341 g/mol. The van der Waals surface area contributed by atoms with Crippen molar-refractivity contribution in [2.45, 2.75) is 39.5 Å². The Kier molecular flexibility index (Phi) is 9.12. The molecule has 0 aliphatic carbocycles. The van der Waals surface area contributed by atoms with Crippen LogP contribution in [0, 0.1) is 5.82 Å². The number of hydrogen-bond acceptors (Lipinski definition) is 3. The molecule has 0 aliphatic rings. The molecular formula is C23H32FNO2. The molecule has 3 nitrogen and oxygen atoms in total. The second-order valence-corrected chi connectivity index (χ2v) is 6.80. The molecule has 0 atom stereocenters. The summed E-state index contributed by atoms with van der Waals surface area (Å²) in [5.74, 6) is 1.31. The van der Waals surface area contributed by atoms with Gasteiger partial charge in [-0.2, -0.15) is 0 Å². The quantitative estimate of drug-likeness (QED) is 0.515. The van der Waals surface area contributed by atoms with Crippen molar-refractivity contribution in [1.82, 2.24) is 4.90 Å². The van der Waals surface area contributed by atoms with Gasteiger partial charge in [-0.25, -0.2) is 4.39 Å². The minimum Gasteiger partial charge on any atom is -0.493 e. The molecule has 0 unspecified atom stereocenters. The summed E-state index contributed by atoms with van der Waals surface area (Å²) in [6, 6.07) is 12.7. The predicted octanol–water partition coefficient (Wildman–Crippen LogP) is 5.12. The second kappa shape index (κ2) is 11.6. The summed E-state index contributed by atoms with van der Waals surface area (Å²) in [6.07, 6.45) is 4.09. The fourth-order valence-electron chi connectivity index (χ4n) is 3.17. The third-order valence-corrected chi connectivity index (χ3v) is 4.59. The van der Waals surface area contributed by atoms with E-state index in [1.165, 1.54) is 30.5 Å². The van der Waals surface area contributed by atoms with Crippen LogP contribution in [0.25, 0.3) is 0 Å². The molecule has 2 aromatic rings. The lowest BCUT2D eigenvalue weighted by Crippen LogP contribution is -2.27. The normalized spacial score (nSPS) is 11.0. The molecule has 0 saturated heterocycles. The van der Waals surface area contributed by atoms with E-state index in [0.29, 0.717) is 6.61 Å². The third kappa shape index (κ3) is 7.22. The molecule has 148 valence electrons. The van der Waals surface area contributed by atoms with Crippen LogP contribution in [-0.2, 0) is 12.8 Å². The van der Waals surface area contributed by atoms with Gasteiger partial charge in [0.05, 0.1) is 13.7 Å². The van der Waals surface area contributed by atoms with Crippen LogP contribution < -0.4 is 9.47 Å². The monoisotopic (exact) mass is 373 g/mol. The standard InChI is InChI=1S/C23H32FNO2/c1-4-14-25(15-5-2)16-12-20-8-11-22(26-3)23(18-20)27-17-13-19-6-9-21(24)10-7-19/h6-11,18H,4-5,12-17H2,1-3H3. The predicted molar refractivity (Wildman–Crippen MR) is 109 cm³/mol. The highest BCUT2D eigenvalue weighted by Crippen LogP contribution is 2.28. The number of hydrogen-bond donors (Lipinski definition) is 0. The van der Waals surface area contributed by atoms with E-state index in [9.17, 15) is 4.39 Å². The SMILES string of the molecule is CCCN(CCC)CCc1ccc(OC)c(OCCc2ccc(F)cc2)c1. The van der Waals surface area contributed by atoms with Crippen molar-refractivity contribution >= 4 is 0 Å². The van der Waals surface area contributed by atoms with E-state index in [-0.39, 0.29) is 5.82 Å². The minimum atomic E-state index is -0.214. The smallest absolute Gasteiger partial charge is 0.161 e. The van der Waals surface area contributed by atoms with Gasteiger partial charge in [-0.1, -0.05) is 32.0 Å². The molecule has 0 heterocycles. The Morgan fingerprint density at radius 2 is 1.48 bits per heavy atom. The fraction of sp³-hybridized carbons (Fsp3) is 0.478. The Morgan fingerprint density at radius 3 is 2.11 bits per heavy atom. The summed E-state index contributed by atoms with van der Waals surface area (Å²) in [5, 5.41) is 0. The molecule has 0 amide bonds. The van der Waals surface area contributed by atoms with E-state index < -0.39 is 0 Å². The Hall–Kier alpha value is -2.07. The van der Waals surface area contributed by atoms with Crippen LogP contribution in [0.15, 0.2) is 42.5 Å². The van der Waals surface area contributed by atoms with Gasteiger partial charge in [-0.3, -0.25) is 0 Å². The first-order chi connectivity index (χ1) is 13.2. The molecule has 0 bridgehead atoms. The van der Waals surface area contributed by atoms with Gasteiger partial charge in [0.2, 0.25) is 0 Å². The van der Waals surface area contributed by atoms with E-state index in [2.05, 4.69) is 30.9 Å². The maximum absolute atomic E-state index is 13.0. The molecule has 0 aromatic heterocycles. The number of nitrogens with zero attached hydrogens (tertiary/aromatic N) is 1. The Labute approximate surface area is 163 Å². The van der Waals surface area contributed by atoms with Crippen molar-refractivity contribution in [3.63, 3.8) is 0 Å². The Morgan fingerprint density at radius 1 is 0.815 bits per heavy atom. The van der Waals surface area contributed by atoms with Crippen molar-refractivity contribution in [3.05, 3.63) is 59.4 Å². The summed E-state index contributed by atoms with van der Waals surface area (Å²) in [6.45, 7) is 8.33. The molecule has 0 spiro atoms. The lowest BCUT2D eigenvalue weighted by Gasteiger charge is -2.21. The average molecular weight is 374 g/mol. The van der Waals surface area contributed by atoms with Crippen LogP contribution in [0.2, 0.25) is 0 Å². The van der Waals surface area contributed by atoms with Crippen LogP contribution in [0.3, 0.4) is 0 Å². The van der Waals surface area contributed by atoms with Gasteiger partial charge in [0.1, 0.15) is 5.82 Å². The molecule has 27 heavy (non-hydrogen) atoms. The van der Waals surface area contributed by atoms with Crippen molar-refractivity contribution < 1.29 is 13.9 Å². The first-order valence-electron chi connectivity index (χ1n) is 9.92. The summed E-state index contributed by atoms with van der Waals surface area (Å²) in [5.41, 5.74) is 2.31. The number of halogens is 1. The summed E-state index contributed by atoms with van der Waals surface area (Å²) < 4.78 is 24.4. The first kappa shape index (κ1) is 21.2. The zero-order chi connectivity index (χ0) is 19.5. The molecule has 2 aromatic carbocycles. The molecule has 0 fully saturated rings. The van der Waals surface area contributed by atoms with Crippen LogP contribution in [-0.4, -0.2) is 38.3 Å². The lowest BCUT2D eigenvalue weighted by atomic mass is 10.1. The fourth-order valence-corrected chi connectivity index (χ4v) is 3.17. The number of benzene rings is 2. The van der Waals surface area contributed by atoms with Crippen LogP contribution in [0.5, 0.6) is 11.5 Å². The highest BCUT2D eigenvalue weighted by molar-refractivity contribution is 5.43. The highest BCUT2D eigenvalue weighted by Gasteiger charge is 2.08. The Balaban J connectivity index is 1.94. The van der Waals surface area contributed by atoms with Gasteiger partial charge >= 0.3 is 0 Å². The summed E-state index contributed by atoms with van der Waals surface area (Å²) >= 11 is 0. The Bertz CT molecular complexity index is 667. The molecule has 0 N–H and O–H groups in total. The molecule has 4 heteroatoms.